The van der Waals surface area contributed by atoms with Gasteiger partial charge in [-0.1, -0.05) is 29.8 Å². The van der Waals surface area contributed by atoms with Gasteiger partial charge in [0.2, 0.25) is 5.91 Å². The van der Waals surface area contributed by atoms with Crippen molar-refractivity contribution in [1.82, 2.24) is 0 Å². The second-order valence-electron chi connectivity index (χ2n) is 4.78. The lowest BCUT2D eigenvalue weighted by atomic mass is 10.2. The number of nitrogens with one attached hydrogen (secondary N) is 1. The van der Waals surface area contributed by atoms with E-state index in [9.17, 15) is 9.59 Å². The third-order valence-corrected chi connectivity index (χ3v) is 4.52. The number of carbonyl (C=O) groups is 2. The number of hydrogen-bond donors (Lipinski definition) is 1. The summed E-state index contributed by atoms with van der Waals surface area (Å²) in [4.78, 5) is 24.9. The number of thioether (sulfide) groups is 1. The Hall–Kier alpha value is -1.98. The highest BCUT2D eigenvalue weighted by Gasteiger charge is 2.14. The lowest BCUT2D eigenvalue weighted by molar-refractivity contribution is -0.113. The number of methoxy groups -OCH3 is 1. The van der Waals surface area contributed by atoms with Gasteiger partial charge >= 0.3 is 5.97 Å². The fraction of sp³-hybridized carbons (Fsp3) is 0.176. The fourth-order valence-corrected chi connectivity index (χ4v) is 2.96. The number of carbonyl (C=O) groups excluding carboxylic acids is 2. The summed E-state index contributed by atoms with van der Waals surface area (Å²) >= 11 is 7.37. The van der Waals surface area contributed by atoms with Gasteiger partial charge < -0.3 is 10.1 Å². The van der Waals surface area contributed by atoms with Crippen LogP contribution in [0.2, 0.25) is 5.02 Å². The normalized spacial score (nSPS) is 10.2. The van der Waals surface area contributed by atoms with Gasteiger partial charge in [-0.2, -0.15) is 0 Å². The van der Waals surface area contributed by atoms with Crippen molar-refractivity contribution in [3.63, 3.8) is 0 Å². The minimum atomic E-state index is -0.525. The van der Waals surface area contributed by atoms with Crippen molar-refractivity contribution in [3.8, 4) is 0 Å². The highest BCUT2D eigenvalue weighted by atomic mass is 35.5. The Kier molecular flexibility index (Phi) is 6.07. The Morgan fingerprint density at radius 2 is 1.96 bits per heavy atom. The van der Waals surface area contributed by atoms with Crippen LogP contribution >= 0.6 is 23.4 Å². The molecular weight excluding hydrogens is 334 g/mol. The first-order chi connectivity index (χ1) is 11.0. The Morgan fingerprint density at radius 3 is 2.65 bits per heavy atom. The maximum absolute atomic E-state index is 12.1. The molecule has 0 unspecified atom stereocenters. The molecule has 0 aliphatic heterocycles. The predicted molar refractivity (Wildman–Crippen MR) is 93.3 cm³/mol. The van der Waals surface area contributed by atoms with Crippen LogP contribution < -0.4 is 5.32 Å². The molecule has 0 aliphatic carbocycles. The molecule has 4 nitrogen and oxygen atoms in total. The van der Waals surface area contributed by atoms with E-state index < -0.39 is 5.97 Å². The van der Waals surface area contributed by atoms with Crippen LogP contribution in [0.5, 0.6) is 0 Å². The first-order valence-electron chi connectivity index (χ1n) is 6.87. The molecule has 6 heteroatoms. The second-order valence-corrected chi connectivity index (χ2v) is 6.24. The number of ether oxygens (including phenoxy) is 1. The average molecular weight is 350 g/mol. The molecular formula is C17H16ClNO3S. The minimum absolute atomic E-state index is 0.217. The molecule has 0 aliphatic rings. The number of benzene rings is 2. The monoisotopic (exact) mass is 349 g/mol. The Morgan fingerprint density at radius 1 is 1.22 bits per heavy atom. The number of halogens is 1. The van der Waals surface area contributed by atoms with Crippen molar-refractivity contribution in [1.29, 1.82) is 0 Å². The number of hydrogen-bond acceptors (Lipinski definition) is 4. The zero-order chi connectivity index (χ0) is 16.8. The molecule has 2 rings (SSSR count). The first-order valence-corrected chi connectivity index (χ1v) is 8.23. The molecule has 0 fully saturated rings. The van der Waals surface area contributed by atoms with Gasteiger partial charge in [-0.3, -0.25) is 4.79 Å². The van der Waals surface area contributed by atoms with Crippen LogP contribution in [-0.4, -0.2) is 24.7 Å². The van der Waals surface area contributed by atoms with Gasteiger partial charge in [-0.05, 0) is 36.8 Å². The summed E-state index contributed by atoms with van der Waals surface area (Å²) in [6.07, 6.45) is 0. The van der Waals surface area contributed by atoms with Crippen LogP contribution in [0, 0.1) is 6.92 Å². The highest BCUT2D eigenvalue weighted by molar-refractivity contribution is 8.00. The van der Waals surface area contributed by atoms with E-state index in [0.29, 0.717) is 10.7 Å². The van der Waals surface area contributed by atoms with Crippen molar-refractivity contribution in [2.45, 2.75) is 11.8 Å². The van der Waals surface area contributed by atoms with Crippen LogP contribution in [0.3, 0.4) is 0 Å². The second kappa shape index (κ2) is 8.04. The Bertz CT molecular complexity index is 734. The van der Waals surface area contributed by atoms with Crippen molar-refractivity contribution in [3.05, 3.63) is 58.6 Å². The van der Waals surface area contributed by atoms with E-state index in [1.807, 2.05) is 31.2 Å². The third-order valence-electron chi connectivity index (χ3n) is 3.11. The smallest absolute Gasteiger partial charge is 0.339 e. The van der Waals surface area contributed by atoms with Crippen molar-refractivity contribution in [2.75, 3.05) is 18.2 Å². The van der Waals surface area contributed by atoms with Gasteiger partial charge in [0, 0.05) is 9.92 Å². The van der Waals surface area contributed by atoms with E-state index in [2.05, 4.69) is 5.32 Å². The van der Waals surface area contributed by atoms with Crippen LogP contribution in [0.4, 0.5) is 5.69 Å². The molecule has 0 spiro atoms. The van der Waals surface area contributed by atoms with E-state index in [-0.39, 0.29) is 17.2 Å². The van der Waals surface area contributed by atoms with Crippen LogP contribution in [0.25, 0.3) is 0 Å². The van der Waals surface area contributed by atoms with E-state index in [1.165, 1.54) is 31.0 Å². The fourth-order valence-electron chi connectivity index (χ4n) is 1.96. The largest absolute Gasteiger partial charge is 0.465 e. The van der Waals surface area contributed by atoms with Gasteiger partial charge in [0.05, 0.1) is 24.1 Å². The summed E-state index contributed by atoms with van der Waals surface area (Å²) in [5.41, 5.74) is 1.73. The molecule has 0 saturated carbocycles. The number of esters is 1. The molecule has 1 amide bonds. The Labute approximate surface area is 144 Å². The number of aryl methyl sites for hydroxylation is 1. The van der Waals surface area contributed by atoms with E-state index >= 15 is 0 Å². The standard InChI is InChI=1S/C17H16ClNO3S/c1-11-5-3-4-6-15(11)23-10-16(20)19-14-9-12(18)7-8-13(14)17(21)22-2/h3-9H,10H2,1-2H3,(H,19,20). The van der Waals surface area contributed by atoms with E-state index in [0.717, 1.165) is 10.5 Å². The number of rotatable bonds is 5. The summed E-state index contributed by atoms with van der Waals surface area (Å²) in [7, 11) is 1.29. The van der Waals surface area contributed by atoms with Crippen molar-refractivity contribution < 1.29 is 14.3 Å². The predicted octanol–water partition coefficient (Wildman–Crippen LogP) is 4.17. The van der Waals surface area contributed by atoms with Gasteiger partial charge in [0.25, 0.3) is 0 Å². The van der Waals surface area contributed by atoms with Crippen molar-refractivity contribution >= 4 is 40.9 Å². The topological polar surface area (TPSA) is 55.4 Å². The molecule has 0 aromatic heterocycles. The molecule has 0 bridgehead atoms. The van der Waals surface area contributed by atoms with Crippen LogP contribution in [-0.2, 0) is 9.53 Å². The van der Waals surface area contributed by atoms with E-state index in [1.54, 1.807) is 6.07 Å². The highest BCUT2D eigenvalue weighted by Crippen LogP contribution is 2.24. The van der Waals surface area contributed by atoms with Gasteiger partial charge in [0.1, 0.15) is 0 Å². The van der Waals surface area contributed by atoms with Crippen LogP contribution in [0.1, 0.15) is 15.9 Å². The third kappa shape index (κ3) is 4.74. The molecule has 1 N–H and O–H groups in total. The minimum Gasteiger partial charge on any atom is -0.465 e. The molecule has 0 saturated heterocycles. The quantitative estimate of drug-likeness (QED) is 0.650. The van der Waals surface area contributed by atoms with Gasteiger partial charge in [-0.25, -0.2) is 4.79 Å². The van der Waals surface area contributed by atoms with E-state index in [4.69, 9.17) is 16.3 Å². The SMILES string of the molecule is COC(=O)c1ccc(Cl)cc1NC(=O)CSc1ccccc1C. The lowest BCUT2D eigenvalue weighted by Gasteiger charge is -2.10. The summed E-state index contributed by atoms with van der Waals surface area (Å²) in [6, 6.07) is 12.5. The maximum Gasteiger partial charge on any atom is 0.339 e. The zero-order valence-corrected chi connectivity index (χ0v) is 14.3. The molecule has 0 atom stereocenters. The molecule has 2 aromatic carbocycles. The molecule has 2 aromatic rings. The van der Waals surface area contributed by atoms with Crippen molar-refractivity contribution in [2.24, 2.45) is 0 Å². The molecule has 120 valence electrons. The first kappa shape index (κ1) is 17.4. The lowest BCUT2D eigenvalue weighted by Crippen LogP contribution is -2.17. The van der Waals surface area contributed by atoms with Gasteiger partial charge in [0.15, 0.2) is 0 Å². The summed E-state index contributed by atoms with van der Waals surface area (Å²) in [5, 5.41) is 3.14. The number of amides is 1. The maximum atomic E-state index is 12.1. The molecule has 23 heavy (non-hydrogen) atoms. The summed E-state index contributed by atoms with van der Waals surface area (Å²) in [6.45, 7) is 1.99. The molecule has 0 heterocycles. The number of anilines is 1. The van der Waals surface area contributed by atoms with Gasteiger partial charge in [-0.15, -0.1) is 11.8 Å². The summed E-state index contributed by atoms with van der Waals surface area (Å²) in [5.74, 6) is -0.507. The van der Waals surface area contributed by atoms with Crippen LogP contribution in [0.15, 0.2) is 47.4 Å². The average Bonchev–Trinajstić information content (AvgIpc) is 2.53. The Balaban J connectivity index is 2.07. The molecule has 0 radical (unpaired) electrons. The summed E-state index contributed by atoms with van der Waals surface area (Å²) < 4.78 is 4.70. The zero-order valence-electron chi connectivity index (χ0n) is 12.8.